The minimum Gasteiger partial charge on any atom is -0.482 e. The summed E-state index contributed by atoms with van der Waals surface area (Å²) in [6.45, 7) is 1.65. The summed E-state index contributed by atoms with van der Waals surface area (Å²) in [5.41, 5.74) is 3.46. The number of aromatic nitrogens is 1. The van der Waals surface area contributed by atoms with Gasteiger partial charge in [-0.15, -0.1) is 11.3 Å². The number of anilines is 1. The molecule has 8 heteroatoms. The van der Waals surface area contributed by atoms with Gasteiger partial charge >= 0.3 is 5.97 Å². The molecule has 31 heavy (non-hydrogen) atoms. The highest BCUT2D eigenvalue weighted by molar-refractivity contribution is 7.14. The Kier molecular flexibility index (Phi) is 7.14. The predicted molar refractivity (Wildman–Crippen MR) is 119 cm³/mol. The van der Waals surface area contributed by atoms with Gasteiger partial charge in [-0.1, -0.05) is 43.3 Å². The van der Waals surface area contributed by atoms with Gasteiger partial charge in [-0.2, -0.15) is 5.26 Å². The first-order valence-electron chi connectivity index (χ1n) is 9.41. The summed E-state index contributed by atoms with van der Waals surface area (Å²) in [6.07, 6.45) is 2.40. The largest absolute Gasteiger partial charge is 0.482 e. The summed E-state index contributed by atoms with van der Waals surface area (Å²) in [5, 5.41) is 22.9. The lowest BCUT2D eigenvalue weighted by atomic mass is 10.1. The Labute approximate surface area is 183 Å². The Morgan fingerprint density at radius 2 is 1.90 bits per heavy atom. The fourth-order valence-electron chi connectivity index (χ4n) is 2.66. The van der Waals surface area contributed by atoms with E-state index in [4.69, 9.17) is 9.84 Å². The lowest BCUT2D eigenvalue weighted by Crippen LogP contribution is -2.13. The van der Waals surface area contributed by atoms with Crippen LogP contribution in [-0.4, -0.2) is 28.6 Å². The zero-order chi connectivity index (χ0) is 22.2. The summed E-state index contributed by atoms with van der Waals surface area (Å²) in [7, 11) is 0. The number of hydrogen-bond acceptors (Lipinski definition) is 6. The highest BCUT2D eigenvalue weighted by Gasteiger charge is 2.13. The van der Waals surface area contributed by atoms with Crippen LogP contribution in [0.5, 0.6) is 5.75 Å². The number of ether oxygens (including phenoxy) is 1. The molecular formula is C23H19N3O4S. The normalized spacial score (nSPS) is 10.9. The molecule has 0 aliphatic rings. The number of aryl methyl sites for hydroxylation is 1. The molecule has 0 spiro atoms. The number of carboxylic acid groups (broad SMARTS) is 1. The molecule has 3 aromatic rings. The summed E-state index contributed by atoms with van der Waals surface area (Å²) < 4.78 is 5.06. The van der Waals surface area contributed by atoms with Crippen LogP contribution in [0.3, 0.4) is 0 Å². The minimum absolute atomic E-state index is 0.0803. The first-order valence-corrected chi connectivity index (χ1v) is 10.3. The average Bonchev–Trinajstić information content (AvgIpc) is 3.25. The molecule has 0 saturated carbocycles. The first kappa shape index (κ1) is 21.7. The van der Waals surface area contributed by atoms with Crippen molar-refractivity contribution in [3.8, 4) is 23.1 Å². The lowest BCUT2D eigenvalue weighted by molar-refractivity contribution is -0.139. The molecule has 0 atom stereocenters. The second-order valence-corrected chi connectivity index (χ2v) is 7.32. The molecule has 1 amide bonds. The van der Waals surface area contributed by atoms with E-state index in [-0.39, 0.29) is 5.57 Å². The molecule has 0 bridgehead atoms. The average molecular weight is 433 g/mol. The maximum atomic E-state index is 12.5. The third-order valence-corrected chi connectivity index (χ3v) is 5.06. The SMILES string of the molecule is CCc1ccc(-c2csc(NC(=O)/C(C#N)=C/c3ccc(OCC(=O)O)cc3)n2)cc1. The van der Waals surface area contributed by atoms with Crippen LogP contribution < -0.4 is 10.1 Å². The van der Waals surface area contributed by atoms with Gasteiger partial charge in [-0.05, 0) is 35.8 Å². The number of thiazole rings is 1. The van der Waals surface area contributed by atoms with E-state index < -0.39 is 18.5 Å². The number of nitrogens with zero attached hydrogens (tertiary/aromatic N) is 2. The molecule has 7 nitrogen and oxygen atoms in total. The number of aliphatic carboxylic acids is 1. The Morgan fingerprint density at radius 3 is 2.52 bits per heavy atom. The van der Waals surface area contributed by atoms with E-state index in [1.165, 1.54) is 23.0 Å². The number of carbonyl (C=O) groups is 2. The van der Waals surface area contributed by atoms with Crippen LogP contribution in [0.1, 0.15) is 18.1 Å². The molecule has 2 aromatic carbocycles. The van der Waals surface area contributed by atoms with Crippen LogP contribution in [0.2, 0.25) is 0 Å². The van der Waals surface area contributed by atoms with Crippen LogP contribution in [0.15, 0.2) is 59.5 Å². The van der Waals surface area contributed by atoms with E-state index in [1.54, 1.807) is 24.3 Å². The van der Waals surface area contributed by atoms with E-state index in [2.05, 4.69) is 17.2 Å². The molecule has 0 aliphatic carbocycles. The number of carboxylic acids is 1. The molecule has 0 radical (unpaired) electrons. The number of nitriles is 1. The zero-order valence-electron chi connectivity index (χ0n) is 16.7. The van der Waals surface area contributed by atoms with Crippen molar-refractivity contribution in [2.75, 3.05) is 11.9 Å². The van der Waals surface area contributed by atoms with Gasteiger partial charge in [0.05, 0.1) is 5.69 Å². The summed E-state index contributed by atoms with van der Waals surface area (Å²) in [6, 6.07) is 16.4. The van der Waals surface area contributed by atoms with Crippen LogP contribution in [0.25, 0.3) is 17.3 Å². The second-order valence-electron chi connectivity index (χ2n) is 6.46. The van der Waals surface area contributed by atoms with E-state index in [0.717, 1.165) is 17.7 Å². The van der Waals surface area contributed by atoms with Crippen molar-refractivity contribution in [3.63, 3.8) is 0 Å². The van der Waals surface area contributed by atoms with Gasteiger partial charge < -0.3 is 9.84 Å². The quantitative estimate of drug-likeness (QED) is 0.403. The minimum atomic E-state index is -1.07. The summed E-state index contributed by atoms with van der Waals surface area (Å²) in [4.78, 5) is 27.5. The zero-order valence-corrected chi connectivity index (χ0v) is 17.5. The van der Waals surface area contributed by atoms with Gasteiger partial charge in [0.1, 0.15) is 17.4 Å². The summed E-state index contributed by atoms with van der Waals surface area (Å²) >= 11 is 1.28. The van der Waals surface area contributed by atoms with Crippen molar-refractivity contribution in [2.24, 2.45) is 0 Å². The van der Waals surface area contributed by atoms with E-state index in [9.17, 15) is 14.9 Å². The standard InChI is InChI=1S/C23H19N3O4S/c1-2-15-3-7-17(8-4-15)20-14-31-23(25-20)26-22(29)18(12-24)11-16-5-9-19(10-6-16)30-13-21(27)28/h3-11,14H,2,13H2,1H3,(H,27,28)(H,25,26,29)/b18-11+. The number of benzene rings is 2. The fraction of sp³-hybridized carbons (Fsp3) is 0.130. The van der Waals surface area contributed by atoms with Crippen LogP contribution in [0.4, 0.5) is 5.13 Å². The van der Waals surface area contributed by atoms with Gasteiger partial charge in [0.15, 0.2) is 11.7 Å². The van der Waals surface area contributed by atoms with E-state index in [0.29, 0.717) is 16.4 Å². The molecule has 0 unspecified atom stereocenters. The molecular weight excluding hydrogens is 414 g/mol. The number of rotatable bonds is 8. The first-order chi connectivity index (χ1) is 15.0. The Morgan fingerprint density at radius 1 is 1.19 bits per heavy atom. The van der Waals surface area contributed by atoms with Gasteiger partial charge in [0, 0.05) is 10.9 Å². The van der Waals surface area contributed by atoms with E-state index >= 15 is 0 Å². The van der Waals surface area contributed by atoms with Crippen molar-refractivity contribution in [1.29, 1.82) is 5.26 Å². The molecule has 1 aromatic heterocycles. The molecule has 156 valence electrons. The Hall–Kier alpha value is -3.96. The Balaban J connectivity index is 1.67. The molecule has 1 heterocycles. The third-order valence-electron chi connectivity index (χ3n) is 4.30. The fourth-order valence-corrected chi connectivity index (χ4v) is 3.37. The van der Waals surface area contributed by atoms with Crippen molar-refractivity contribution in [2.45, 2.75) is 13.3 Å². The molecule has 2 N–H and O–H groups in total. The van der Waals surface area contributed by atoms with Crippen molar-refractivity contribution in [3.05, 3.63) is 70.6 Å². The molecule has 3 rings (SSSR count). The molecule has 0 fully saturated rings. The molecule has 0 saturated heterocycles. The van der Waals surface area contributed by atoms with Crippen molar-refractivity contribution in [1.82, 2.24) is 4.98 Å². The number of amides is 1. The van der Waals surface area contributed by atoms with Gasteiger partial charge in [-0.25, -0.2) is 9.78 Å². The topological polar surface area (TPSA) is 112 Å². The highest BCUT2D eigenvalue weighted by atomic mass is 32.1. The number of hydrogen-bond donors (Lipinski definition) is 2. The maximum absolute atomic E-state index is 12.5. The van der Waals surface area contributed by atoms with Crippen molar-refractivity contribution >= 4 is 34.4 Å². The van der Waals surface area contributed by atoms with E-state index in [1.807, 2.05) is 35.7 Å². The van der Waals surface area contributed by atoms with Crippen LogP contribution in [0, 0.1) is 11.3 Å². The monoisotopic (exact) mass is 433 g/mol. The summed E-state index contributed by atoms with van der Waals surface area (Å²) in [5.74, 6) is -1.25. The second kappa shape index (κ2) is 10.2. The van der Waals surface area contributed by atoms with Gasteiger partial charge in [0.2, 0.25) is 0 Å². The van der Waals surface area contributed by atoms with Crippen LogP contribution in [-0.2, 0) is 16.0 Å². The highest BCUT2D eigenvalue weighted by Crippen LogP contribution is 2.25. The maximum Gasteiger partial charge on any atom is 0.341 e. The van der Waals surface area contributed by atoms with Gasteiger partial charge in [-0.3, -0.25) is 10.1 Å². The Bertz CT molecular complexity index is 1140. The predicted octanol–water partition coefficient (Wildman–Crippen LogP) is 4.38. The number of nitrogens with one attached hydrogen (secondary N) is 1. The number of carbonyl (C=O) groups excluding carboxylic acids is 1. The third kappa shape index (κ3) is 6.01. The van der Waals surface area contributed by atoms with Gasteiger partial charge in [0.25, 0.3) is 5.91 Å². The lowest BCUT2D eigenvalue weighted by Gasteiger charge is -2.04. The smallest absolute Gasteiger partial charge is 0.341 e. The molecule has 0 aliphatic heterocycles. The van der Waals surface area contributed by atoms with Crippen molar-refractivity contribution < 1.29 is 19.4 Å². The van der Waals surface area contributed by atoms with Crippen LogP contribution >= 0.6 is 11.3 Å².